The maximum atomic E-state index is 11.3. The van der Waals surface area contributed by atoms with Crippen LogP contribution in [0.25, 0.3) is 0 Å². The number of hydrogen-bond acceptors (Lipinski definition) is 3. The van der Waals surface area contributed by atoms with Crippen molar-refractivity contribution in [2.45, 2.75) is 38.5 Å². The average Bonchev–Trinajstić information content (AvgIpc) is 2.74. The van der Waals surface area contributed by atoms with Crippen LogP contribution >= 0.6 is 11.6 Å². The first kappa shape index (κ1) is 14.5. The summed E-state index contributed by atoms with van der Waals surface area (Å²) in [6.07, 6.45) is 7.98. The zero-order valence-corrected chi connectivity index (χ0v) is 12.8. The number of benzene rings is 1. The molecule has 0 aromatic heterocycles. The molecular formula is C16H21ClN2O2. The quantitative estimate of drug-likeness (QED) is 0.828. The standard InChI is InChI=1S/C16H21ClN2O2/c17-12-7-14-15(21-10-16(20)19-14)8-13(12)18-9-11-5-3-1-2-4-6-11/h7-8,11,18H,1-6,9-10H2,(H,19,20). The van der Waals surface area contributed by atoms with Crippen LogP contribution in [0.5, 0.6) is 5.75 Å². The summed E-state index contributed by atoms with van der Waals surface area (Å²) in [5.41, 5.74) is 1.53. The first-order valence-corrected chi connectivity index (χ1v) is 8.10. The van der Waals surface area contributed by atoms with Crippen molar-refractivity contribution >= 4 is 28.9 Å². The van der Waals surface area contributed by atoms with Gasteiger partial charge in [-0.1, -0.05) is 37.3 Å². The summed E-state index contributed by atoms with van der Waals surface area (Å²) in [6, 6.07) is 3.64. The molecular weight excluding hydrogens is 288 g/mol. The first-order valence-electron chi connectivity index (χ1n) is 7.72. The number of hydrogen-bond donors (Lipinski definition) is 2. The van der Waals surface area contributed by atoms with Gasteiger partial charge in [0.2, 0.25) is 0 Å². The van der Waals surface area contributed by atoms with E-state index < -0.39 is 0 Å². The van der Waals surface area contributed by atoms with E-state index in [0.717, 1.165) is 18.2 Å². The molecule has 0 bridgehead atoms. The largest absolute Gasteiger partial charge is 0.482 e. The monoisotopic (exact) mass is 308 g/mol. The molecule has 1 aliphatic heterocycles. The van der Waals surface area contributed by atoms with Crippen molar-refractivity contribution in [3.8, 4) is 5.75 Å². The number of anilines is 2. The van der Waals surface area contributed by atoms with E-state index in [2.05, 4.69) is 10.6 Å². The Hall–Kier alpha value is -1.42. The van der Waals surface area contributed by atoms with Crippen molar-refractivity contribution in [1.82, 2.24) is 0 Å². The van der Waals surface area contributed by atoms with Gasteiger partial charge in [-0.2, -0.15) is 0 Å². The Morgan fingerprint density at radius 2 is 2.00 bits per heavy atom. The Kier molecular flexibility index (Phi) is 4.54. The SMILES string of the molecule is O=C1COc2cc(NCC3CCCCCC3)c(Cl)cc2N1. The highest BCUT2D eigenvalue weighted by Gasteiger charge is 2.19. The van der Waals surface area contributed by atoms with Crippen LogP contribution in [0.4, 0.5) is 11.4 Å². The first-order chi connectivity index (χ1) is 10.2. The van der Waals surface area contributed by atoms with Crippen LogP contribution in [0.3, 0.4) is 0 Å². The third-order valence-electron chi connectivity index (χ3n) is 4.26. The van der Waals surface area contributed by atoms with Gasteiger partial charge in [0.25, 0.3) is 5.91 Å². The van der Waals surface area contributed by atoms with E-state index in [1.165, 1.54) is 38.5 Å². The van der Waals surface area contributed by atoms with Gasteiger partial charge in [0, 0.05) is 12.6 Å². The van der Waals surface area contributed by atoms with E-state index in [0.29, 0.717) is 16.5 Å². The highest BCUT2D eigenvalue weighted by Crippen LogP contribution is 2.36. The van der Waals surface area contributed by atoms with E-state index in [1.54, 1.807) is 6.07 Å². The number of amides is 1. The van der Waals surface area contributed by atoms with E-state index in [9.17, 15) is 4.79 Å². The number of ether oxygens (including phenoxy) is 1. The van der Waals surface area contributed by atoms with Crippen molar-refractivity contribution in [2.24, 2.45) is 5.92 Å². The minimum absolute atomic E-state index is 0.0662. The third-order valence-corrected chi connectivity index (χ3v) is 4.57. The second kappa shape index (κ2) is 6.56. The predicted molar refractivity (Wildman–Crippen MR) is 85.3 cm³/mol. The Bertz CT molecular complexity index is 525. The minimum atomic E-state index is -0.141. The van der Waals surface area contributed by atoms with Crippen LogP contribution in [-0.4, -0.2) is 19.1 Å². The molecule has 0 atom stereocenters. The average molecular weight is 309 g/mol. The lowest BCUT2D eigenvalue weighted by molar-refractivity contribution is -0.118. The van der Waals surface area contributed by atoms with Gasteiger partial charge >= 0.3 is 0 Å². The predicted octanol–water partition coefficient (Wildman–Crippen LogP) is 4.05. The number of rotatable bonds is 3. The van der Waals surface area contributed by atoms with E-state index in [-0.39, 0.29) is 12.5 Å². The minimum Gasteiger partial charge on any atom is -0.482 e. The summed E-state index contributed by atoms with van der Waals surface area (Å²) >= 11 is 6.29. The van der Waals surface area contributed by atoms with E-state index in [4.69, 9.17) is 16.3 Å². The van der Waals surface area contributed by atoms with Crippen LogP contribution in [0.15, 0.2) is 12.1 Å². The Morgan fingerprint density at radius 1 is 1.24 bits per heavy atom. The number of fused-ring (bicyclic) bond motifs is 1. The summed E-state index contributed by atoms with van der Waals surface area (Å²) < 4.78 is 5.43. The number of carbonyl (C=O) groups is 1. The molecule has 2 N–H and O–H groups in total. The number of carbonyl (C=O) groups excluding carboxylic acids is 1. The van der Waals surface area contributed by atoms with Gasteiger partial charge < -0.3 is 15.4 Å². The van der Waals surface area contributed by atoms with Gasteiger partial charge in [0.05, 0.1) is 16.4 Å². The molecule has 1 saturated carbocycles. The summed E-state index contributed by atoms with van der Waals surface area (Å²) in [4.78, 5) is 11.3. The highest BCUT2D eigenvalue weighted by atomic mass is 35.5. The molecule has 0 radical (unpaired) electrons. The van der Waals surface area contributed by atoms with Gasteiger partial charge in [-0.15, -0.1) is 0 Å². The molecule has 1 aliphatic carbocycles. The van der Waals surface area contributed by atoms with Crippen LogP contribution in [0, 0.1) is 5.92 Å². The fraction of sp³-hybridized carbons (Fsp3) is 0.562. The van der Waals surface area contributed by atoms with Crippen LogP contribution in [0.1, 0.15) is 38.5 Å². The Morgan fingerprint density at radius 3 is 2.76 bits per heavy atom. The van der Waals surface area contributed by atoms with Crippen molar-refractivity contribution in [3.05, 3.63) is 17.2 Å². The topological polar surface area (TPSA) is 50.4 Å². The van der Waals surface area contributed by atoms with Crippen molar-refractivity contribution in [3.63, 3.8) is 0 Å². The number of halogens is 1. The van der Waals surface area contributed by atoms with Crippen LogP contribution < -0.4 is 15.4 Å². The third kappa shape index (κ3) is 3.62. The molecule has 0 unspecified atom stereocenters. The molecule has 5 heteroatoms. The molecule has 3 rings (SSSR count). The molecule has 1 aromatic rings. The summed E-state index contributed by atoms with van der Waals surface area (Å²) in [5.74, 6) is 1.26. The van der Waals surface area contributed by atoms with Gasteiger partial charge in [-0.3, -0.25) is 4.79 Å². The maximum Gasteiger partial charge on any atom is 0.262 e. The fourth-order valence-corrected chi connectivity index (χ4v) is 3.29. The highest BCUT2D eigenvalue weighted by molar-refractivity contribution is 6.33. The molecule has 0 saturated heterocycles. The number of nitrogens with one attached hydrogen (secondary N) is 2. The molecule has 1 amide bonds. The summed E-state index contributed by atoms with van der Waals surface area (Å²) in [7, 11) is 0. The summed E-state index contributed by atoms with van der Waals surface area (Å²) in [5, 5.41) is 6.83. The molecule has 2 aliphatic rings. The normalized spacial score (nSPS) is 19.2. The van der Waals surface area contributed by atoms with E-state index >= 15 is 0 Å². The van der Waals surface area contributed by atoms with Crippen molar-refractivity contribution in [1.29, 1.82) is 0 Å². The lowest BCUT2D eigenvalue weighted by Gasteiger charge is -2.21. The van der Waals surface area contributed by atoms with Gasteiger partial charge in [-0.05, 0) is 24.8 Å². The Labute approximate surface area is 130 Å². The maximum absolute atomic E-state index is 11.3. The molecule has 0 spiro atoms. The van der Waals surface area contributed by atoms with Gasteiger partial charge in [0.1, 0.15) is 5.75 Å². The molecule has 1 heterocycles. The van der Waals surface area contributed by atoms with E-state index in [1.807, 2.05) is 6.07 Å². The second-order valence-corrected chi connectivity index (χ2v) is 6.31. The fourth-order valence-electron chi connectivity index (χ4n) is 3.06. The summed E-state index contributed by atoms with van der Waals surface area (Å²) in [6.45, 7) is 1.02. The second-order valence-electron chi connectivity index (χ2n) is 5.90. The molecule has 4 nitrogen and oxygen atoms in total. The zero-order valence-electron chi connectivity index (χ0n) is 12.1. The van der Waals surface area contributed by atoms with Crippen LogP contribution in [0.2, 0.25) is 5.02 Å². The molecule has 1 aromatic carbocycles. The molecule has 114 valence electrons. The Balaban J connectivity index is 1.66. The van der Waals surface area contributed by atoms with Gasteiger partial charge in [-0.25, -0.2) is 0 Å². The van der Waals surface area contributed by atoms with Crippen molar-refractivity contribution in [2.75, 3.05) is 23.8 Å². The molecule has 21 heavy (non-hydrogen) atoms. The molecule has 1 fully saturated rings. The lowest BCUT2D eigenvalue weighted by atomic mass is 10.0. The van der Waals surface area contributed by atoms with Crippen molar-refractivity contribution < 1.29 is 9.53 Å². The lowest BCUT2D eigenvalue weighted by Crippen LogP contribution is -2.25. The van der Waals surface area contributed by atoms with Crippen LogP contribution in [-0.2, 0) is 4.79 Å². The smallest absolute Gasteiger partial charge is 0.262 e. The van der Waals surface area contributed by atoms with Gasteiger partial charge in [0.15, 0.2) is 6.61 Å². The zero-order chi connectivity index (χ0) is 14.7.